The molecule has 11 heteroatoms. The van der Waals surface area contributed by atoms with Crippen molar-refractivity contribution in [3.05, 3.63) is 64.5 Å². The van der Waals surface area contributed by atoms with Gasteiger partial charge in [-0.15, -0.1) is 0 Å². The number of ether oxygens (including phenoxy) is 1. The van der Waals surface area contributed by atoms with Crippen molar-refractivity contribution in [1.82, 2.24) is 14.9 Å². The number of alkyl halides is 5. The van der Waals surface area contributed by atoms with Gasteiger partial charge in [0.25, 0.3) is 11.8 Å². The van der Waals surface area contributed by atoms with Gasteiger partial charge >= 0.3 is 6.18 Å². The minimum absolute atomic E-state index is 0.0234. The van der Waals surface area contributed by atoms with Gasteiger partial charge in [-0.1, -0.05) is 12.1 Å². The van der Waals surface area contributed by atoms with Crippen LogP contribution in [-0.4, -0.2) is 33.2 Å². The molecule has 178 valence electrons. The van der Waals surface area contributed by atoms with Crippen molar-refractivity contribution in [2.24, 2.45) is 0 Å². The van der Waals surface area contributed by atoms with E-state index in [0.29, 0.717) is 29.9 Å². The third kappa shape index (κ3) is 3.93. The number of halogens is 5. The molecule has 34 heavy (non-hydrogen) atoms. The first-order chi connectivity index (χ1) is 16.0. The van der Waals surface area contributed by atoms with Crippen LogP contribution < -0.4 is 5.73 Å². The molecule has 1 fully saturated rings. The molecule has 1 atom stereocenters. The molecule has 2 aliphatic rings. The maximum atomic E-state index is 14.3. The Kier molecular flexibility index (Phi) is 5.19. The standard InChI is InChI=1S/C23H19F5N4O2/c24-22(25)5-6-32(19(8-22)12-1-3-13(4-2-12)23(26,27)28)21(33)17-7-14-15-10-34-11-16(15)20(29)31-18(14)9-30-17/h1-4,7,9,19H,5-6,8,10-11H2,(H2,29,31)/t19-/m1/s1. The fourth-order valence-corrected chi connectivity index (χ4v) is 4.51. The largest absolute Gasteiger partial charge is 0.416 e. The second-order valence-corrected chi connectivity index (χ2v) is 8.48. The third-order valence-electron chi connectivity index (χ3n) is 6.30. The molecule has 1 amide bonds. The highest BCUT2D eigenvalue weighted by Crippen LogP contribution is 2.41. The summed E-state index contributed by atoms with van der Waals surface area (Å²) in [6.07, 6.45) is -4.41. The van der Waals surface area contributed by atoms with Crippen LogP contribution in [0.15, 0.2) is 36.5 Å². The number of benzene rings is 1. The lowest BCUT2D eigenvalue weighted by molar-refractivity contribution is -0.137. The Morgan fingerprint density at radius 1 is 1.15 bits per heavy atom. The zero-order valence-corrected chi connectivity index (χ0v) is 17.7. The summed E-state index contributed by atoms with van der Waals surface area (Å²) in [5.74, 6) is -3.33. The van der Waals surface area contributed by atoms with Crippen LogP contribution in [0, 0.1) is 0 Å². The molecule has 0 bridgehead atoms. The Bertz CT molecular complexity index is 1280. The zero-order chi connectivity index (χ0) is 24.3. The molecular formula is C23H19F5N4O2. The number of anilines is 1. The second kappa shape index (κ2) is 7.86. The molecule has 0 saturated carbocycles. The van der Waals surface area contributed by atoms with Crippen LogP contribution in [0.25, 0.3) is 10.9 Å². The molecule has 0 spiro atoms. The molecule has 2 aromatic heterocycles. The Labute approximate surface area is 190 Å². The monoisotopic (exact) mass is 478 g/mol. The number of aromatic nitrogens is 2. The van der Waals surface area contributed by atoms with Gasteiger partial charge in [0.05, 0.1) is 36.5 Å². The van der Waals surface area contributed by atoms with Gasteiger partial charge in [0.1, 0.15) is 11.5 Å². The summed E-state index contributed by atoms with van der Waals surface area (Å²) >= 11 is 0. The highest BCUT2D eigenvalue weighted by Gasteiger charge is 2.43. The molecule has 0 aliphatic carbocycles. The van der Waals surface area contributed by atoms with Gasteiger partial charge in [0.2, 0.25) is 0 Å². The normalized spacial score (nSPS) is 19.9. The van der Waals surface area contributed by atoms with E-state index in [4.69, 9.17) is 10.5 Å². The lowest BCUT2D eigenvalue weighted by Crippen LogP contribution is -2.45. The predicted molar refractivity (Wildman–Crippen MR) is 112 cm³/mol. The Hall–Kier alpha value is -3.34. The smallest absolute Gasteiger partial charge is 0.383 e. The number of pyridine rings is 2. The maximum Gasteiger partial charge on any atom is 0.416 e. The van der Waals surface area contributed by atoms with E-state index < -0.39 is 42.5 Å². The number of nitrogen functional groups attached to an aromatic ring is 1. The van der Waals surface area contributed by atoms with Crippen LogP contribution in [0.3, 0.4) is 0 Å². The number of fused-ring (bicyclic) bond motifs is 3. The molecule has 2 N–H and O–H groups in total. The summed E-state index contributed by atoms with van der Waals surface area (Å²) in [6.45, 7) is 0.325. The van der Waals surface area contributed by atoms with Crippen molar-refractivity contribution in [1.29, 1.82) is 0 Å². The summed E-state index contributed by atoms with van der Waals surface area (Å²) in [5, 5.41) is 0.633. The minimum Gasteiger partial charge on any atom is -0.383 e. The molecular weight excluding hydrogens is 459 g/mol. The van der Waals surface area contributed by atoms with E-state index in [2.05, 4.69) is 9.97 Å². The van der Waals surface area contributed by atoms with Gasteiger partial charge in [-0.05, 0) is 29.3 Å². The summed E-state index contributed by atoms with van der Waals surface area (Å²) in [5.41, 5.74) is 7.30. The number of piperidine rings is 1. The molecule has 3 aromatic rings. The van der Waals surface area contributed by atoms with E-state index in [0.717, 1.165) is 35.4 Å². The fourth-order valence-electron chi connectivity index (χ4n) is 4.51. The van der Waals surface area contributed by atoms with Gasteiger partial charge in [0.15, 0.2) is 0 Å². The van der Waals surface area contributed by atoms with E-state index in [-0.39, 0.29) is 17.8 Å². The molecule has 2 aliphatic heterocycles. The lowest BCUT2D eigenvalue weighted by atomic mass is 9.91. The van der Waals surface area contributed by atoms with E-state index in [1.54, 1.807) is 0 Å². The zero-order valence-electron chi connectivity index (χ0n) is 17.7. The topological polar surface area (TPSA) is 81.3 Å². The minimum atomic E-state index is -4.55. The quantitative estimate of drug-likeness (QED) is 0.532. The first-order valence-electron chi connectivity index (χ1n) is 10.5. The average molecular weight is 478 g/mol. The number of hydrogen-bond acceptors (Lipinski definition) is 5. The van der Waals surface area contributed by atoms with Crippen molar-refractivity contribution >= 4 is 22.6 Å². The molecule has 5 rings (SSSR count). The predicted octanol–water partition coefficient (Wildman–Crippen LogP) is 4.87. The number of carbonyl (C=O) groups is 1. The van der Waals surface area contributed by atoms with Crippen LogP contribution >= 0.6 is 0 Å². The number of likely N-dealkylation sites (tertiary alicyclic amines) is 1. The second-order valence-electron chi connectivity index (χ2n) is 8.48. The first-order valence-corrected chi connectivity index (χ1v) is 10.5. The highest BCUT2D eigenvalue weighted by atomic mass is 19.4. The summed E-state index contributed by atoms with van der Waals surface area (Å²) in [6, 6.07) is 4.37. The maximum absolute atomic E-state index is 14.3. The Morgan fingerprint density at radius 3 is 2.56 bits per heavy atom. The summed E-state index contributed by atoms with van der Waals surface area (Å²) in [7, 11) is 0. The average Bonchev–Trinajstić information content (AvgIpc) is 3.29. The number of nitrogens with two attached hydrogens (primary N) is 1. The van der Waals surface area contributed by atoms with Crippen LogP contribution in [0.1, 0.15) is 51.6 Å². The van der Waals surface area contributed by atoms with Crippen LogP contribution in [0.5, 0.6) is 0 Å². The number of hydrogen-bond donors (Lipinski definition) is 1. The molecule has 6 nitrogen and oxygen atoms in total. The fraction of sp³-hybridized carbons (Fsp3) is 0.348. The first kappa shape index (κ1) is 22.5. The van der Waals surface area contributed by atoms with Gasteiger partial charge in [-0.3, -0.25) is 4.79 Å². The van der Waals surface area contributed by atoms with Gasteiger partial charge in [-0.25, -0.2) is 18.7 Å². The summed E-state index contributed by atoms with van der Waals surface area (Å²) in [4.78, 5) is 23.1. The van der Waals surface area contributed by atoms with Crippen molar-refractivity contribution in [2.45, 2.75) is 44.2 Å². The lowest BCUT2D eigenvalue weighted by Gasteiger charge is -2.39. The Balaban J connectivity index is 1.51. The van der Waals surface area contributed by atoms with E-state index in [9.17, 15) is 26.7 Å². The van der Waals surface area contributed by atoms with Crippen molar-refractivity contribution in [3.8, 4) is 0 Å². The molecule has 0 unspecified atom stereocenters. The van der Waals surface area contributed by atoms with Crippen LogP contribution in [-0.2, 0) is 24.1 Å². The van der Waals surface area contributed by atoms with Gasteiger partial charge < -0.3 is 15.4 Å². The molecule has 4 heterocycles. The van der Waals surface area contributed by atoms with Crippen molar-refractivity contribution in [3.63, 3.8) is 0 Å². The van der Waals surface area contributed by atoms with E-state index in [1.165, 1.54) is 17.2 Å². The van der Waals surface area contributed by atoms with Gasteiger partial charge in [-0.2, -0.15) is 13.2 Å². The van der Waals surface area contributed by atoms with Gasteiger partial charge in [0, 0.05) is 30.3 Å². The van der Waals surface area contributed by atoms with E-state index in [1.807, 2.05) is 0 Å². The van der Waals surface area contributed by atoms with E-state index >= 15 is 0 Å². The SMILES string of the molecule is Nc1nc2cnc(C(=O)N3CCC(F)(F)C[C@@H]3c3ccc(C(F)(F)F)cc3)cc2c2c1COC2. The number of carbonyl (C=O) groups excluding carboxylic acids is 1. The summed E-state index contributed by atoms with van der Waals surface area (Å²) < 4.78 is 72.8. The molecule has 1 saturated heterocycles. The number of rotatable bonds is 2. The molecule has 0 radical (unpaired) electrons. The van der Waals surface area contributed by atoms with Crippen LogP contribution in [0.2, 0.25) is 0 Å². The third-order valence-corrected chi connectivity index (χ3v) is 6.30. The highest BCUT2D eigenvalue weighted by molar-refractivity contribution is 5.97. The molecule has 1 aromatic carbocycles. The number of nitrogens with zero attached hydrogens (tertiary/aromatic N) is 3. The van der Waals surface area contributed by atoms with Crippen molar-refractivity contribution < 1.29 is 31.5 Å². The Morgan fingerprint density at radius 2 is 1.85 bits per heavy atom. The number of amides is 1. The van der Waals surface area contributed by atoms with Crippen molar-refractivity contribution in [2.75, 3.05) is 12.3 Å². The van der Waals surface area contributed by atoms with Crippen LogP contribution in [0.4, 0.5) is 27.8 Å².